The third-order valence-electron chi connectivity index (χ3n) is 7.93. The minimum Gasteiger partial charge on any atom is -0.481 e. The lowest BCUT2D eigenvalue weighted by Gasteiger charge is -2.26. The number of halogens is 1. The Hall–Kier alpha value is -3.12. The topological polar surface area (TPSA) is 70.4 Å². The minimum atomic E-state index is -0.894. The van der Waals surface area contributed by atoms with Gasteiger partial charge in [0.1, 0.15) is 0 Å². The molecule has 0 bridgehead atoms. The maximum absolute atomic E-state index is 11.8. The second-order valence-electron chi connectivity index (χ2n) is 11.6. The number of aryl methyl sites for hydroxylation is 1. The second-order valence-corrected chi connectivity index (χ2v) is 13.3. The Morgan fingerprint density at radius 3 is 2.59 bits per heavy atom. The highest BCUT2D eigenvalue weighted by atomic mass is 35.5. The summed E-state index contributed by atoms with van der Waals surface area (Å²) in [5.41, 5.74) is 3.86. The van der Waals surface area contributed by atoms with Crippen molar-refractivity contribution in [3.05, 3.63) is 106 Å². The van der Waals surface area contributed by atoms with Gasteiger partial charge in [-0.15, -0.1) is 11.8 Å². The Kier molecular flexibility index (Phi) is 8.88. The van der Waals surface area contributed by atoms with Gasteiger partial charge in [0.05, 0.1) is 23.2 Å². The van der Waals surface area contributed by atoms with E-state index in [1.165, 1.54) is 0 Å². The molecule has 0 aliphatic heterocycles. The van der Waals surface area contributed by atoms with Crippen LogP contribution in [0.4, 0.5) is 0 Å². The molecule has 0 spiro atoms. The Morgan fingerprint density at radius 2 is 1.83 bits per heavy atom. The van der Waals surface area contributed by atoms with Gasteiger partial charge >= 0.3 is 5.97 Å². The number of aliphatic hydroxyl groups is 1. The van der Waals surface area contributed by atoms with Crippen molar-refractivity contribution in [2.45, 2.75) is 68.1 Å². The average molecular weight is 586 g/mol. The van der Waals surface area contributed by atoms with E-state index in [0.717, 1.165) is 70.3 Å². The fourth-order valence-electron chi connectivity index (χ4n) is 5.61. The molecule has 1 atom stereocenters. The highest BCUT2D eigenvalue weighted by Gasteiger charge is 2.50. The third kappa shape index (κ3) is 7.59. The zero-order valence-electron chi connectivity index (χ0n) is 23.5. The van der Waals surface area contributed by atoms with Crippen molar-refractivity contribution in [3.63, 3.8) is 0 Å². The SMILES string of the molecule is CC(C)(O)c1ccccc1CCC[C@@H](Sc1cccc(C=Cc2ccc3ccc(Cl)cc3n2)c1)C1(CC(=O)O)CC1. The van der Waals surface area contributed by atoms with E-state index >= 15 is 0 Å². The number of aromatic nitrogens is 1. The van der Waals surface area contributed by atoms with E-state index < -0.39 is 11.6 Å². The van der Waals surface area contributed by atoms with Gasteiger partial charge in [0.15, 0.2) is 0 Å². The molecule has 1 aliphatic rings. The predicted molar refractivity (Wildman–Crippen MR) is 170 cm³/mol. The summed E-state index contributed by atoms with van der Waals surface area (Å²) in [4.78, 5) is 17.6. The summed E-state index contributed by atoms with van der Waals surface area (Å²) < 4.78 is 0. The summed E-state index contributed by atoms with van der Waals surface area (Å²) in [5.74, 6) is -0.721. The van der Waals surface area contributed by atoms with E-state index in [4.69, 9.17) is 16.6 Å². The van der Waals surface area contributed by atoms with Crippen molar-refractivity contribution in [2.75, 3.05) is 0 Å². The summed E-state index contributed by atoms with van der Waals surface area (Å²) in [6.07, 6.45) is 8.90. The molecule has 41 heavy (non-hydrogen) atoms. The molecule has 5 rings (SSSR count). The number of carbonyl (C=O) groups is 1. The molecule has 1 saturated carbocycles. The van der Waals surface area contributed by atoms with E-state index in [9.17, 15) is 15.0 Å². The zero-order valence-corrected chi connectivity index (χ0v) is 25.1. The Balaban J connectivity index is 1.31. The smallest absolute Gasteiger partial charge is 0.303 e. The van der Waals surface area contributed by atoms with Crippen LogP contribution in [0, 0.1) is 5.41 Å². The van der Waals surface area contributed by atoms with Crippen LogP contribution >= 0.6 is 23.4 Å². The first-order valence-electron chi connectivity index (χ1n) is 14.2. The molecule has 0 radical (unpaired) electrons. The quantitative estimate of drug-likeness (QED) is 0.162. The molecule has 4 aromatic rings. The second kappa shape index (κ2) is 12.4. The number of rotatable bonds is 12. The van der Waals surface area contributed by atoms with Crippen LogP contribution in [0.2, 0.25) is 5.02 Å². The number of hydrogen-bond donors (Lipinski definition) is 2. The number of fused-ring (bicyclic) bond motifs is 1. The first-order valence-corrected chi connectivity index (χ1v) is 15.4. The number of thioether (sulfide) groups is 1. The molecule has 0 unspecified atom stereocenters. The number of aliphatic carboxylic acids is 1. The monoisotopic (exact) mass is 585 g/mol. The molecule has 1 fully saturated rings. The highest BCUT2D eigenvalue weighted by molar-refractivity contribution is 8.00. The molecule has 0 amide bonds. The molecule has 3 aromatic carbocycles. The molecule has 2 N–H and O–H groups in total. The number of nitrogens with zero attached hydrogens (tertiary/aromatic N) is 1. The van der Waals surface area contributed by atoms with Gasteiger partial charge in [-0.2, -0.15) is 0 Å². The minimum absolute atomic E-state index is 0.158. The molecular formula is C35H36ClNO3S. The van der Waals surface area contributed by atoms with Gasteiger partial charge in [-0.1, -0.05) is 66.2 Å². The van der Waals surface area contributed by atoms with E-state index in [1.54, 1.807) is 0 Å². The largest absolute Gasteiger partial charge is 0.481 e. The van der Waals surface area contributed by atoms with Gasteiger partial charge in [-0.05, 0) is 104 Å². The number of carboxylic acids is 1. The maximum Gasteiger partial charge on any atom is 0.303 e. The number of carboxylic acid groups (broad SMARTS) is 1. The summed E-state index contributed by atoms with van der Waals surface area (Å²) in [6.45, 7) is 3.65. The van der Waals surface area contributed by atoms with Crippen molar-refractivity contribution in [1.29, 1.82) is 0 Å². The van der Waals surface area contributed by atoms with Crippen LogP contribution in [0.5, 0.6) is 0 Å². The fraction of sp³-hybridized carbons (Fsp3) is 0.314. The maximum atomic E-state index is 11.8. The van der Waals surface area contributed by atoms with E-state index in [1.807, 2.05) is 80.2 Å². The predicted octanol–water partition coefficient (Wildman–Crippen LogP) is 9.02. The van der Waals surface area contributed by atoms with Crippen LogP contribution in [0.3, 0.4) is 0 Å². The van der Waals surface area contributed by atoms with E-state index in [0.29, 0.717) is 5.02 Å². The lowest BCUT2D eigenvalue weighted by molar-refractivity contribution is -0.138. The van der Waals surface area contributed by atoms with Crippen LogP contribution in [-0.4, -0.2) is 26.4 Å². The van der Waals surface area contributed by atoms with E-state index in [-0.39, 0.29) is 17.1 Å². The zero-order chi connectivity index (χ0) is 29.0. The lowest BCUT2D eigenvalue weighted by atomic mass is 9.89. The first kappa shape index (κ1) is 29.4. The summed E-state index contributed by atoms with van der Waals surface area (Å²) in [6, 6.07) is 26.3. The molecule has 212 valence electrons. The van der Waals surface area contributed by atoms with Crippen molar-refractivity contribution in [2.24, 2.45) is 5.41 Å². The molecule has 6 heteroatoms. The van der Waals surface area contributed by atoms with Crippen molar-refractivity contribution in [3.8, 4) is 0 Å². The number of hydrogen-bond acceptors (Lipinski definition) is 4. The fourth-order valence-corrected chi connectivity index (χ4v) is 7.32. The molecule has 0 saturated heterocycles. The Morgan fingerprint density at radius 1 is 1.05 bits per heavy atom. The molecule has 4 nitrogen and oxygen atoms in total. The van der Waals surface area contributed by atoms with Crippen LogP contribution in [0.15, 0.2) is 83.8 Å². The first-order chi connectivity index (χ1) is 19.6. The third-order valence-corrected chi connectivity index (χ3v) is 9.71. The molecule has 1 aromatic heterocycles. The van der Waals surface area contributed by atoms with Crippen LogP contribution in [0.25, 0.3) is 23.1 Å². The number of benzene rings is 3. The average Bonchev–Trinajstić information content (AvgIpc) is 3.71. The molecule has 1 aliphatic carbocycles. The molecular weight excluding hydrogens is 550 g/mol. The van der Waals surface area contributed by atoms with Gasteiger partial charge in [-0.3, -0.25) is 4.79 Å². The Labute approximate surface area is 251 Å². The standard InChI is InChI=1S/C35H36ClNO3S/c1-34(2,40)30-11-4-3-8-25(30)9-6-12-32(35(19-20-35)23-33(38)39)41-29-10-5-7-24(21-29)13-17-28-18-15-26-14-16-27(36)22-31(26)37-28/h3-5,7-8,10-11,13-18,21-22,32,40H,6,9,12,19-20,23H2,1-2H3,(H,38,39)/t32-/m1/s1. The van der Waals surface area contributed by atoms with Crippen molar-refractivity contribution in [1.82, 2.24) is 4.98 Å². The normalized spacial score (nSPS) is 15.3. The van der Waals surface area contributed by atoms with E-state index in [2.05, 4.69) is 36.4 Å². The van der Waals surface area contributed by atoms with Crippen molar-refractivity contribution >= 4 is 52.4 Å². The lowest BCUT2D eigenvalue weighted by Crippen LogP contribution is -2.23. The van der Waals surface area contributed by atoms with Crippen molar-refractivity contribution < 1.29 is 15.0 Å². The van der Waals surface area contributed by atoms with Gasteiger partial charge in [0.25, 0.3) is 0 Å². The van der Waals surface area contributed by atoms with Gasteiger partial charge in [0.2, 0.25) is 0 Å². The van der Waals surface area contributed by atoms with Gasteiger partial charge < -0.3 is 10.2 Å². The van der Waals surface area contributed by atoms with Crippen LogP contribution in [0.1, 0.15) is 68.3 Å². The summed E-state index contributed by atoms with van der Waals surface area (Å²) in [5, 5.41) is 22.2. The van der Waals surface area contributed by atoms with Gasteiger partial charge in [0, 0.05) is 20.6 Å². The van der Waals surface area contributed by atoms with Gasteiger partial charge in [-0.25, -0.2) is 4.98 Å². The highest BCUT2D eigenvalue weighted by Crippen LogP contribution is 2.58. The molecule has 1 heterocycles. The summed E-state index contributed by atoms with van der Waals surface area (Å²) >= 11 is 7.96. The van der Waals surface area contributed by atoms with Crippen LogP contribution < -0.4 is 0 Å². The number of pyridine rings is 1. The Bertz CT molecular complexity index is 1570. The summed E-state index contributed by atoms with van der Waals surface area (Å²) in [7, 11) is 0. The van der Waals surface area contributed by atoms with Crippen LogP contribution in [-0.2, 0) is 16.8 Å².